The number of benzene rings is 1. The van der Waals surface area contributed by atoms with E-state index in [9.17, 15) is 0 Å². The number of hydrogen-bond donors (Lipinski definition) is 0. The van der Waals surface area contributed by atoms with Crippen LogP contribution in [0.3, 0.4) is 0 Å². The maximum absolute atomic E-state index is 6.09. The van der Waals surface area contributed by atoms with Gasteiger partial charge in [-0.2, -0.15) is 0 Å². The van der Waals surface area contributed by atoms with E-state index in [4.69, 9.17) is 23.2 Å². The molecule has 0 unspecified atom stereocenters. The number of rotatable bonds is 6. The fourth-order valence-corrected chi connectivity index (χ4v) is 4.37. The van der Waals surface area contributed by atoms with Gasteiger partial charge in [0.2, 0.25) is 0 Å². The van der Waals surface area contributed by atoms with Crippen molar-refractivity contribution >= 4 is 35.0 Å². The van der Waals surface area contributed by atoms with Gasteiger partial charge < -0.3 is 4.57 Å². The third-order valence-electron chi connectivity index (χ3n) is 4.38. The normalized spacial score (nSPS) is 15.6. The molecule has 1 aromatic carbocycles. The van der Waals surface area contributed by atoms with E-state index < -0.39 is 0 Å². The highest BCUT2D eigenvalue weighted by atomic mass is 35.5. The van der Waals surface area contributed by atoms with E-state index in [1.165, 1.54) is 32.1 Å². The first kappa shape index (κ1) is 17.8. The van der Waals surface area contributed by atoms with Crippen LogP contribution in [0.5, 0.6) is 0 Å². The lowest BCUT2D eigenvalue weighted by atomic mass is 9.89. The Kier molecular flexibility index (Phi) is 6.25. The summed E-state index contributed by atoms with van der Waals surface area (Å²) >= 11 is 13.8. The molecule has 0 N–H and O–H groups in total. The predicted molar refractivity (Wildman–Crippen MR) is 102 cm³/mol. The molecule has 0 amide bonds. The molecule has 1 saturated carbocycles. The number of hydrogen-bond acceptors (Lipinski definition) is 3. The molecule has 0 bridgehead atoms. The molecular formula is C18H21Cl2N3S. The summed E-state index contributed by atoms with van der Waals surface area (Å²) in [6.45, 7) is 4.64. The van der Waals surface area contributed by atoms with Crippen molar-refractivity contribution in [3.63, 3.8) is 0 Å². The summed E-state index contributed by atoms with van der Waals surface area (Å²) in [7, 11) is 0. The van der Waals surface area contributed by atoms with Gasteiger partial charge in [-0.05, 0) is 30.5 Å². The van der Waals surface area contributed by atoms with Gasteiger partial charge in [0.1, 0.15) is 5.82 Å². The van der Waals surface area contributed by atoms with Gasteiger partial charge >= 0.3 is 0 Å². The molecule has 6 heteroatoms. The summed E-state index contributed by atoms with van der Waals surface area (Å²) in [5.74, 6) is 2.44. The van der Waals surface area contributed by atoms with Crippen LogP contribution in [-0.2, 0) is 12.3 Å². The summed E-state index contributed by atoms with van der Waals surface area (Å²) < 4.78 is 2.21. The lowest BCUT2D eigenvalue weighted by Gasteiger charge is -2.21. The Morgan fingerprint density at radius 3 is 2.67 bits per heavy atom. The van der Waals surface area contributed by atoms with Crippen molar-refractivity contribution in [3.8, 4) is 0 Å². The Labute approximate surface area is 157 Å². The molecule has 1 fully saturated rings. The highest BCUT2D eigenvalue weighted by molar-refractivity contribution is 7.98. The Morgan fingerprint density at radius 1 is 1.17 bits per heavy atom. The Bertz CT molecular complexity index is 708. The van der Waals surface area contributed by atoms with Crippen molar-refractivity contribution in [2.45, 2.75) is 55.5 Å². The molecule has 1 aliphatic carbocycles. The minimum absolute atomic E-state index is 0.533. The van der Waals surface area contributed by atoms with Crippen LogP contribution in [-0.4, -0.2) is 14.8 Å². The lowest BCUT2D eigenvalue weighted by Crippen LogP contribution is -2.12. The van der Waals surface area contributed by atoms with Crippen molar-refractivity contribution < 1.29 is 0 Å². The standard InChI is InChI=1S/C18H21Cl2N3S/c1-2-10-23-17(14-6-4-3-5-7-14)21-22-18(23)24-12-13-8-9-15(19)16(20)11-13/h2,8-9,11,14H,1,3-7,10,12H2. The SMILES string of the molecule is C=CCn1c(SCc2ccc(Cl)c(Cl)c2)nnc1C1CCCCC1. The van der Waals surface area contributed by atoms with E-state index in [-0.39, 0.29) is 0 Å². The van der Waals surface area contributed by atoms with Crippen LogP contribution in [0.15, 0.2) is 36.0 Å². The first-order valence-electron chi connectivity index (χ1n) is 8.29. The highest BCUT2D eigenvalue weighted by Crippen LogP contribution is 2.34. The topological polar surface area (TPSA) is 30.7 Å². The second kappa shape index (κ2) is 8.41. The fraction of sp³-hybridized carbons (Fsp3) is 0.444. The van der Waals surface area contributed by atoms with Gasteiger partial charge in [0.05, 0.1) is 10.0 Å². The van der Waals surface area contributed by atoms with Gasteiger partial charge in [-0.25, -0.2) is 0 Å². The first-order valence-corrected chi connectivity index (χ1v) is 10.0. The van der Waals surface area contributed by atoms with Crippen molar-refractivity contribution in [1.82, 2.24) is 14.8 Å². The molecule has 3 rings (SSSR count). The Balaban J connectivity index is 1.75. The second-order valence-electron chi connectivity index (χ2n) is 6.11. The van der Waals surface area contributed by atoms with Crippen LogP contribution >= 0.6 is 35.0 Å². The molecule has 0 atom stereocenters. The van der Waals surface area contributed by atoms with Gasteiger partial charge in [0.25, 0.3) is 0 Å². The summed E-state index contributed by atoms with van der Waals surface area (Å²) in [5.41, 5.74) is 1.13. The van der Waals surface area contributed by atoms with Gasteiger partial charge in [-0.3, -0.25) is 0 Å². The van der Waals surface area contributed by atoms with Crippen molar-refractivity contribution in [3.05, 3.63) is 52.3 Å². The zero-order valence-electron chi connectivity index (χ0n) is 13.5. The van der Waals surface area contributed by atoms with E-state index >= 15 is 0 Å². The second-order valence-corrected chi connectivity index (χ2v) is 7.87. The van der Waals surface area contributed by atoms with Gasteiger partial charge in [0, 0.05) is 18.2 Å². The average molecular weight is 382 g/mol. The maximum atomic E-state index is 6.09. The van der Waals surface area contributed by atoms with Crippen LogP contribution in [0.2, 0.25) is 10.0 Å². The van der Waals surface area contributed by atoms with E-state index in [0.29, 0.717) is 16.0 Å². The third-order valence-corrected chi connectivity index (χ3v) is 6.16. The van der Waals surface area contributed by atoms with E-state index in [2.05, 4.69) is 21.3 Å². The van der Waals surface area contributed by atoms with E-state index in [1.807, 2.05) is 24.3 Å². The number of halogens is 2. The summed E-state index contributed by atoms with van der Waals surface area (Å²) in [6, 6.07) is 5.74. The number of nitrogens with zero attached hydrogens (tertiary/aromatic N) is 3. The van der Waals surface area contributed by atoms with Gasteiger partial charge in [0.15, 0.2) is 5.16 Å². The van der Waals surface area contributed by atoms with Crippen molar-refractivity contribution in [2.75, 3.05) is 0 Å². The van der Waals surface area contributed by atoms with Crippen molar-refractivity contribution in [2.24, 2.45) is 0 Å². The Hall–Kier alpha value is -0.970. The molecule has 128 valence electrons. The van der Waals surface area contributed by atoms with Crippen molar-refractivity contribution in [1.29, 1.82) is 0 Å². The molecule has 2 aromatic rings. The molecule has 1 aliphatic rings. The molecular weight excluding hydrogens is 361 g/mol. The predicted octanol–water partition coefficient (Wildman–Crippen LogP) is 6.11. The highest BCUT2D eigenvalue weighted by Gasteiger charge is 2.23. The number of thioether (sulfide) groups is 1. The molecule has 0 aliphatic heterocycles. The fourth-order valence-electron chi connectivity index (χ4n) is 3.15. The van der Waals surface area contributed by atoms with Crippen LogP contribution in [0, 0.1) is 0 Å². The largest absolute Gasteiger partial charge is 0.302 e. The summed E-state index contributed by atoms with van der Waals surface area (Å²) in [5, 5.41) is 11.1. The molecule has 3 nitrogen and oxygen atoms in total. The lowest BCUT2D eigenvalue weighted by molar-refractivity contribution is 0.415. The summed E-state index contributed by atoms with van der Waals surface area (Å²) in [4.78, 5) is 0. The zero-order valence-corrected chi connectivity index (χ0v) is 15.9. The monoisotopic (exact) mass is 381 g/mol. The molecule has 1 aromatic heterocycles. The smallest absolute Gasteiger partial charge is 0.191 e. The first-order chi connectivity index (χ1) is 11.7. The van der Waals surface area contributed by atoms with Crippen LogP contribution in [0.1, 0.15) is 49.4 Å². The molecule has 0 saturated heterocycles. The summed E-state index contributed by atoms with van der Waals surface area (Å²) in [6.07, 6.45) is 8.26. The molecule has 1 heterocycles. The minimum atomic E-state index is 0.533. The number of aromatic nitrogens is 3. The van der Waals surface area contributed by atoms with E-state index in [0.717, 1.165) is 28.8 Å². The molecule has 0 radical (unpaired) electrons. The quantitative estimate of drug-likeness (QED) is 0.446. The number of allylic oxidation sites excluding steroid dienone is 1. The molecule has 24 heavy (non-hydrogen) atoms. The van der Waals surface area contributed by atoms with Crippen LogP contribution in [0.4, 0.5) is 0 Å². The molecule has 0 spiro atoms. The minimum Gasteiger partial charge on any atom is -0.302 e. The van der Waals surface area contributed by atoms with Crippen LogP contribution < -0.4 is 0 Å². The van der Waals surface area contributed by atoms with Gasteiger partial charge in [-0.15, -0.1) is 16.8 Å². The maximum Gasteiger partial charge on any atom is 0.191 e. The van der Waals surface area contributed by atoms with Crippen LogP contribution in [0.25, 0.3) is 0 Å². The third kappa shape index (κ3) is 4.16. The Morgan fingerprint density at radius 2 is 1.96 bits per heavy atom. The van der Waals surface area contributed by atoms with Gasteiger partial charge in [-0.1, -0.05) is 66.4 Å². The van der Waals surface area contributed by atoms with E-state index in [1.54, 1.807) is 11.8 Å². The average Bonchev–Trinajstić information content (AvgIpc) is 3.00. The zero-order chi connectivity index (χ0) is 16.9.